The molecule has 0 radical (unpaired) electrons. The van der Waals surface area contributed by atoms with Crippen LogP contribution >= 0.6 is 0 Å². The molecule has 0 amide bonds. The molecule has 0 aliphatic carbocycles. The van der Waals surface area contributed by atoms with Gasteiger partial charge in [0.2, 0.25) is 0 Å². The Morgan fingerprint density at radius 1 is 1.39 bits per heavy atom. The second kappa shape index (κ2) is 5.87. The van der Waals surface area contributed by atoms with E-state index in [1.807, 2.05) is 32.0 Å². The van der Waals surface area contributed by atoms with E-state index in [2.05, 4.69) is 4.74 Å². The third-order valence-electron chi connectivity index (χ3n) is 2.87. The summed E-state index contributed by atoms with van der Waals surface area (Å²) in [5.41, 5.74) is 7.05. The minimum Gasteiger partial charge on any atom is -0.493 e. The summed E-state index contributed by atoms with van der Waals surface area (Å²) in [6, 6.07) is 6.01. The second-order valence-electron chi connectivity index (χ2n) is 4.78. The molecule has 1 unspecified atom stereocenters. The maximum atomic E-state index is 11.4. The van der Waals surface area contributed by atoms with Crippen LogP contribution in [0.3, 0.4) is 0 Å². The molecule has 1 rings (SSSR count). The van der Waals surface area contributed by atoms with Gasteiger partial charge in [-0.3, -0.25) is 4.79 Å². The molecule has 1 aromatic carbocycles. The van der Waals surface area contributed by atoms with Gasteiger partial charge in [0, 0.05) is 6.42 Å². The Balaban J connectivity index is 2.56. The number of ether oxygens (including phenoxy) is 2. The van der Waals surface area contributed by atoms with Gasteiger partial charge in [-0.15, -0.1) is 0 Å². The molecule has 0 saturated heterocycles. The molecule has 0 aromatic heterocycles. The lowest BCUT2D eigenvalue weighted by Gasteiger charge is -2.21. The number of esters is 1. The van der Waals surface area contributed by atoms with Crippen LogP contribution in [0.25, 0.3) is 0 Å². The fourth-order valence-electron chi connectivity index (χ4n) is 1.57. The van der Waals surface area contributed by atoms with Gasteiger partial charge in [-0.2, -0.15) is 0 Å². The van der Waals surface area contributed by atoms with E-state index in [0.717, 1.165) is 16.9 Å². The van der Waals surface area contributed by atoms with Gasteiger partial charge in [0.25, 0.3) is 0 Å². The summed E-state index contributed by atoms with van der Waals surface area (Å²) in [4.78, 5) is 11.4. The van der Waals surface area contributed by atoms with Gasteiger partial charge in [0.15, 0.2) is 0 Å². The van der Waals surface area contributed by atoms with Crippen molar-refractivity contribution in [3.63, 3.8) is 0 Å². The predicted octanol–water partition coefficient (Wildman–Crippen LogP) is 1.96. The van der Waals surface area contributed by atoms with Gasteiger partial charge >= 0.3 is 5.97 Å². The first kappa shape index (κ1) is 14.5. The largest absolute Gasteiger partial charge is 0.493 e. The molecule has 0 spiro atoms. The molecule has 0 saturated carbocycles. The van der Waals surface area contributed by atoms with E-state index >= 15 is 0 Å². The first-order valence-corrected chi connectivity index (χ1v) is 5.94. The number of nitrogens with two attached hydrogens (primary N) is 1. The molecular weight excluding hydrogens is 230 g/mol. The second-order valence-corrected chi connectivity index (χ2v) is 4.78. The Kier molecular flexibility index (Phi) is 4.73. The predicted molar refractivity (Wildman–Crippen MR) is 70.6 cm³/mol. The fraction of sp³-hybridized carbons (Fsp3) is 0.500. The lowest BCUT2D eigenvalue weighted by molar-refractivity contribution is -0.146. The molecule has 18 heavy (non-hydrogen) atoms. The summed E-state index contributed by atoms with van der Waals surface area (Å²) in [5, 5.41) is 0. The summed E-state index contributed by atoms with van der Waals surface area (Å²) in [6.07, 6.45) is 0.410. The molecule has 1 aromatic rings. The maximum Gasteiger partial charge on any atom is 0.325 e. The first-order chi connectivity index (χ1) is 8.36. The van der Waals surface area contributed by atoms with E-state index in [4.69, 9.17) is 10.5 Å². The van der Waals surface area contributed by atoms with Crippen molar-refractivity contribution in [2.75, 3.05) is 13.7 Å². The van der Waals surface area contributed by atoms with Crippen LogP contribution in [0, 0.1) is 13.8 Å². The van der Waals surface area contributed by atoms with Crippen LogP contribution in [0.5, 0.6) is 5.75 Å². The van der Waals surface area contributed by atoms with Crippen LogP contribution in [0.4, 0.5) is 0 Å². The number of hydrogen-bond acceptors (Lipinski definition) is 4. The minimum absolute atomic E-state index is 0.381. The molecular formula is C14H21NO3. The summed E-state index contributed by atoms with van der Waals surface area (Å²) >= 11 is 0. The van der Waals surface area contributed by atoms with Crippen molar-refractivity contribution in [3.8, 4) is 5.75 Å². The molecule has 0 fully saturated rings. The molecule has 0 aliphatic heterocycles. The molecule has 0 aliphatic rings. The summed E-state index contributed by atoms with van der Waals surface area (Å²) in [7, 11) is 1.33. The minimum atomic E-state index is -1.01. The van der Waals surface area contributed by atoms with Crippen LogP contribution in [-0.2, 0) is 9.53 Å². The van der Waals surface area contributed by atoms with Gasteiger partial charge in [-0.1, -0.05) is 12.1 Å². The van der Waals surface area contributed by atoms with Gasteiger partial charge in [0.1, 0.15) is 11.3 Å². The lowest BCUT2D eigenvalue weighted by atomic mass is 10.0. The Bertz CT molecular complexity index is 427. The highest BCUT2D eigenvalue weighted by Gasteiger charge is 2.29. The number of benzene rings is 1. The normalized spacial score (nSPS) is 13.8. The van der Waals surface area contributed by atoms with Crippen molar-refractivity contribution < 1.29 is 14.3 Å². The van der Waals surface area contributed by atoms with E-state index in [1.165, 1.54) is 7.11 Å². The van der Waals surface area contributed by atoms with Crippen molar-refractivity contribution in [2.45, 2.75) is 32.7 Å². The summed E-state index contributed by atoms with van der Waals surface area (Å²) in [5.74, 6) is 0.405. The zero-order valence-corrected chi connectivity index (χ0v) is 11.4. The van der Waals surface area contributed by atoms with Crippen LogP contribution < -0.4 is 10.5 Å². The molecule has 1 atom stereocenters. The van der Waals surface area contributed by atoms with E-state index in [0.29, 0.717) is 13.0 Å². The van der Waals surface area contributed by atoms with Crippen molar-refractivity contribution in [1.82, 2.24) is 0 Å². The van der Waals surface area contributed by atoms with Crippen LogP contribution in [0.1, 0.15) is 24.5 Å². The zero-order valence-electron chi connectivity index (χ0n) is 11.4. The number of aryl methyl sites for hydroxylation is 2. The number of carbonyl (C=O) groups excluding carboxylic acids is 1. The van der Waals surface area contributed by atoms with Crippen molar-refractivity contribution in [2.24, 2.45) is 5.73 Å². The van der Waals surface area contributed by atoms with Gasteiger partial charge in [0.05, 0.1) is 13.7 Å². The molecule has 100 valence electrons. The van der Waals surface area contributed by atoms with E-state index in [-0.39, 0.29) is 0 Å². The standard InChI is InChI=1S/C14H21NO3/c1-10-5-6-11(2)12(9-10)18-8-7-14(3,15)13(16)17-4/h5-6,9H,7-8,15H2,1-4H3. The molecule has 4 nitrogen and oxygen atoms in total. The van der Waals surface area contributed by atoms with Gasteiger partial charge < -0.3 is 15.2 Å². The Labute approximate surface area is 108 Å². The summed E-state index contributed by atoms with van der Waals surface area (Å²) in [6.45, 7) is 6.02. The monoisotopic (exact) mass is 251 g/mol. The molecule has 2 N–H and O–H groups in total. The number of hydrogen-bond donors (Lipinski definition) is 1. The van der Waals surface area contributed by atoms with Crippen LogP contribution in [0.15, 0.2) is 18.2 Å². The molecule has 0 heterocycles. The fourth-order valence-corrected chi connectivity index (χ4v) is 1.57. The van der Waals surface area contributed by atoms with E-state index < -0.39 is 11.5 Å². The molecule has 4 heteroatoms. The maximum absolute atomic E-state index is 11.4. The van der Waals surface area contributed by atoms with Gasteiger partial charge in [-0.25, -0.2) is 0 Å². The topological polar surface area (TPSA) is 61.5 Å². The third-order valence-corrected chi connectivity index (χ3v) is 2.87. The average molecular weight is 251 g/mol. The van der Waals surface area contributed by atoms with Crippen LogP contribution in [0.2, 0.25) is 0 Å². The highest BCUT2D eigenvalue weighted by molar-refractivity contribution is 5.79. The highest BCUT2D eigenvalue weighted by atomic mass is 16.5. The Morgan fingerprint density at radius 2 is 2.06 bits per heavy atom. The zero-order chi connectivity index (χ0) is 13.8. The lowest BCUT2D eigenvalue weighted by Crippen LogP contribution is -2.46. The van der Waals surface area contributed by atoms with Crippen LogP contribution in [-0.4, -0.2) is 25.2 Å². The van der Waals surface area contributed by atoms with E-state index in [1.54, 1.807) is 6.92 Å². The quantitative estimate of drug-likeness (QED) is 0.813. The third kappa shape index (κ3) is 3.74. The Morgan fingerprint density at radius 3 is 2.67 bits per heavy atom. The number of rotatable bonds is 5. The molecule has 0 bridgehead atoms. The summed E-state index contributed by atoms with van der Waals surface area (Å²) < 4.78 is 10.3. The smallest absolute Gasteiger partial charge is 0.325 e. The van der Waals surface area contributed by atoms with Crippen molar-refractivity contribution >= 4 is 5.97 Å². The number of methoxy groups -OCH3 is 1. The van der Waals surface area contributed by atoms with E-state index in [9.17, 15) is 4.79 Å². The highest BCUT2D eigenvalue weighted by Crippen LogP contribution is 2.20. The first-order valence-electron chi connectivity index (χ1n) is 5.94. The van der Waals surface area contributed by atoms with Crippen molar-refractivity contribution in [3.05, 3.63) is 29.3 Å². The van der Waals surface area contributed by atoms with Gasteiger partial charge in [-0.05, 0) is 38.0 Å². The Hall–Kier alpha value is -1.55. The average Bonchev–Trinajstić information content (AvgIpc) is 2.32. The SMILES string of the molecule is COC(=O)C(C)(N)CCOc1cc(C)ccc1C. The number of carbonyl (C=O) groups is 1. The van der Waals surface area contributed by atoms with Crippen molar-refractivity contribution in [1.29, 1.82) is 0 Å².